The van der Waals surface area contributed by atoms with Crippen LogP contribution >= 0.6 is 0 Å². The molecule has 0 N–H and O–H groups in total. The quantitative estimate of drug-likeness (QED) is 0.636. The lowest BCUT2D eigenvalue weighted by Crippen LogP contribution is -2.35. The molecule has 3 heterocycles. The Bertz CT molecular complexity index is 903. The van der Waals surface area contributed by atoms with Crippen molar-refractivity contribution in [3.8, 4) is 0 Å². The van der Waals surface area contributed by atoms with E-state index in [2.05, 4.69) is 39.0 Å². The van der Waals surface area contributed by atoms with Crippen molar-refractivity contribution in [1.29, 1.82) is 0 Å². The van der Waals surface area contributed by atoms with Gasteiger partial charge in [-0.3, -0.25) is 9.69 Å². The Morgan fingerprint density at radius 2 is 1.72 bits per heavy atom. The van der Waals surface area contributed by atoms with Crippen LogP contribution in [0.4, 0.5) is 5.69 Å². The molecule has 1 amide bonds. The molecule has 2 aliphatic heterocycles. The number of piperidine rings is 1. The summed E-state index contributed by atoms with van der Waals surface area (Å²) in [7, 11) is 0. The molecule has 1 aromatic carbocycles. The summed E-state index contributed by atoms with van der Waals surface area (Å²) in [6.45, 7) is 11.7. The summed E-state index contributed by atoms with van der Waals surface area (Å²) < 4.78 is 0. The SMILES string of the molecule is CCN(CC)C(=O)c1cnc([C@H]2CCCCN2Cc2ccc(N3CCCC3)cc2)nc1C. The van der Waals surface area contributed by atoms with Gasteiger partial charge in [0.15, 0.2) is 0 Å². The summed E-state index contributed by atoms with van der Waals surface area (Å²) in [4.78, 5) is 29.1. The number of hydrogen-bond acceptors (Lipinski definition) is 5. The minimum Gasteiger partial charge on any atom is -0.372 e. The van der Waals surface area contributed by atoms with E-state index in [1.54, 1.807) is 6.20 Å². The number of aromatic nitrogens is 2. The Balaban J connectivity index is 1.48. The first-order chi connectivity index (χ1) is 15.6. The fraction of sp³-hybridized carbons (Fsp3) is 0.577. The highest BCUT2D eigenvalue weighted by Crippen LogP contribution is 2.31. The fourth-order valence-electron chi connectivity index (χ4n) is 5.03. The van der Waals surface area contributed by atoms with Crippen LogP contribution in [0.3, 0.4) is 0 Å². The van der Waals surface area contributed by atoms with Crippen molar-refractivity contribution in [2.75, 3.05) is 37.6 Å². The van der Waals surface area contributed by atoms with E-state index in [1.807, 2.05) is 25.7 Å². The van der Waals surface area contributed by atoms with Gasteiger partial charge in [-0.25, -0.2) is 9.97 Å². The molecule has 2 aliphatic rings. The zero-order valence-corrected chi connectivity index (χ0v) is 19.9. The van der Waals surface area contributed by atoms with Crippen molar-refractivity contribution in [3.05, 3.63) is 53.1 Å². The molecule has 2 saturated heterocycles. The molecular formula is C26H37N5O. The topological polar surface area (TPSA) is 52.6 Å². The molecule has 0 saturated carbocycles. The van der Waals surface area contributed by atoms with Crippen molar-refractivity contribution >= 4 is 11.6 Å². The van der Waals surface area contributed by atoms with Crippen molar-refractivity contribution in [3.63, 3.8) is 0 Å². The summed E-state index contributed by atoms with van der Waals surface area (Å²) in [6.07, 6.45) is 7.81. The number of carbonyl (C=O) groups excluding carboxylic acids is 1. The number of hydrogen-bond donors (Lipinski definition) is 0. The van der Waals surface area contributed by atoms with Gasteiger partial charge in [-0.15, -0.1) is 0 Å². The molecule has 2 fully saturated rings. The molecule has 6 nitrogen and oxygen atoms in total. The lowest BCUT2D eigenvalue weighted by atomic mass is 10.00. The number of benzene rings is 1. The Morgan fingerprint density at radius 1 is 1.03 bits per heavy atom. The van der Waals surface area contributed by atoms with Gasteiger partial charge < -0.3 is 9.80 Å². The van der Waals surface area contributed by atoms with Crippen LogP contribution in [0, 0.1) is 6.92 Å². The number of carbonyl (C=O) groups is 1. The first-order valence-corrected chi connectivity index (χ1v) is 12.3. The van der Waals surface area contributed by atoms with Crippen LogP contribution in [-0.2, 0) is 6.54 Å². The van der Waals surface area contributed by atoms with Gasteiger partial charge in [0.25, 0.3) is 5.91 Å². The van der Waals surface area contributed by atoms with Crippen LogP contribution in [0.15, 0.2) is 30.5 Å². The van der Waals surface area contributed by atoms with E-state index >= 15 is 0 Å². The van der Waals surface area contributed by atoms with Crippen LogP contribution in [-0.4, -0.2) is 58.4 Å². The average Bonchev–Trinajstić information content (AvgIpc) is 3.36. The maximum atomic E-state index is 12.8. The molecule has 2 aromatic rings. The van der Waals surface area contributed by atoms with Crippen LogP contribution in [0.5, 0.6) is 0 Å². The highest BCUT2D eigenvalue weighted by atomic mass is 16.2. The number of nitrogens with zero attached hydrogens (tertiary/aromatic N) is 5. The fourth-order valence-corrected chi connectivity index (χ4v) is 5.03. The van der Waals surface area contributed by atoms with E-state index in [9.17, 15) is 4.79 Å². The predicted octanol–water partition coefficient (Wildman–Crippen LogP) is 4.59. The smallest absolute Gasteiger partial charge is 0.257 e. The number of likely N-dealkylation sites (tertiary alicyclic amines) is 1. The van der Waals surface area contributed by atoms with Crippen molar-refractivity contribution in [2.24, 2.45) is 0 Å². The summed E-state index contributed by atoms with van der Waals surface area (Å²) in [6, 6.07) is 9.30. The predicted molar refractivity (Wildman–Crippen MR) is 129 cm³/mol. The third-order valence-corrected chi connectivity index (χ3v) is 6.98. The second kappa shape index (κ2) is 10.4. The maximum absolute atomic E-state index is 12.8. The maximum Gasteiger partial charge on any atom is 0.257 e. The van der Waals surface area contributed by atoms with Gasteiger partial charge in [0.1, 0.15) is 5.82 Å². The molecule has 1 aromatic heterocycles. The van der Waals surface area contributed by atoms with Crippen molar-refractivity contribution in [1.82, 2.24) is 19.8 Å². The third-order valence-electron chi connectivity index (χ3n) is 6.98. The molecule has 172 valence electrons. The van der Waals surface area contributed by atoms with Gasteiger partial charge in [-0.1, -0.05) is 18.6 Å². The van der Waals surface area contributed by atoms with Gasteiger partial charge in [0.05, 0.1) is 17.3 Å². The van der Waals surface area contributed by atoms with Gasteiger partial charge in [-0.2, -0.15) is 0 Å². The van der Waals surface area contributed by atoms with E-state index in [0.717, 1.165) is 31.0 Å². The molecular weight excluding hydrogens is 398 g/mol. The number of aryl methyl sites for hydroxylation is 1. The largest absolute Gasteiger partial charge is 0.372 e. The number of anilines is 1. The highest BCUT2D eigenvalue weighted by molar-refractivity contribution is 5.94. The van der Waals surface area contributed by atoms with E-state index in [0.29, 0.717) is 18.7 Å². The zero-order valence-electron chi connectivity index (χ0n) is 19.9. The van der Waals surface area contributed by atoms with Crippen LogP contribution in [0.2, 0.25) is 0 Å². The Labute approximate surface area is 192 Å². The minimum atomic E-state index is 0.0256. The molecule has 0 spiro atoms. The molecule has 4 rings (SSSR count). The molecule has 0 unspecified atom stereocenters. The number of amides is 1. The van der Waals surface area contributed by atoms with Crippen LogP contribution in [0.25, 0.3) is 0 Å². The molecule has 32 heavy (non-hydrogen) atoms. The molecule has 0 radical (unpaired) electrons. The van der Waals surface area contributed by atoms with Gasteiger partial charge in [-0.05, 0) is 70.7 Å². The second-order valence-electron chi connectivity index (χ2n) is 9.05. The van der Waals surface area contributed by atoms with Crippen LogP contribution in [0.1, 0.15) is 79.4 Å². The van der Waals surface area contributed by atoms with Crippen molar-refractivity contribution in [2.45, 2.75) is 65.5 Å². The van der Waals surface area contributed by atoms with Gasteiger partial charge >= 0.3 is 0 Å². The first kappa shape index (κ1) is 22.7. The first-order valence-electron chi connectivity index (χ1n) is 12.3. The van der Waals surface area contributed by atoms with Gasteiger partial charge in [0, 0.05) is 44.6 Å². The minimum absolute atomic E-state index is 0.0256. The standard InChI is InChI=1S/C26H37N5O/c1-4-29(5-2)26(32)23-18-27-25(28-20(23)3)24-10-6-7-17-31(24)19-21-11-13-22(14-12-21)30-15-8-9-16-30/h11-14,18,24H,4-10,15-17,19H2,1-3H3/t24-/m1/s1. The Kier molecular flexibility index (Phi) is 7.40. The lowest BCUT2D eigenvalue weighted by Gasteiger charge is -2.35. The highest BCUT2D eigenvalue weighted by Gasteiger charge is 2.27. The zero-order chi connectivity index (χ0) is 22.5. The average molecular weight is 436 g/mol. The Morgan fingerprint density at radius 3 is 2.38 bits per heavy atom. The molecule has 0 aliphatic carbocycles. The van der Waals surface area contributed by atoms with E-state index in [4.69, 9.17) is 4.98 Å². The molecule has 6 heteroatoms. The van der Waals surface area contributed by atoms with Gasteiger partial charge in [0.2, 0.25) is 0 Å². The lowest BCUT2D eigenvalue weighted by molar-refractivity contribution is 0.0770. The van der Waals surface area contributed by atoms with E-state index in [-0.39, 0.29) is 11.9 Å². The monoisotopic (exact) mass is 435 g/mol. The summed E-state index contributed by atoms with van der Waals surface area (Å²) >= 11 is 0. The molecule has 1 atom stereocenters. The number of rotatable bonds is 7. The van der Waals surface area contributed by atoms with E-state index < -0.39 is 0 Å². The summed E-state index contributed by atoms with van der Waals surface area (Å²) in [5.41, 5.74) is 4.09. The van der Waals surface area contributed by atoms with Crippen molar-refractivity contribution < 1.29 is 4.79 Å². The normalized spacial score (nSPS) is 19.3. The molecule has 0 bridgehead atoms. The second-order valence-corrected chi connectivity index (χ2v) is 9.05. The van der Waals surface area contributed by atoms with E-state index in [1.165, 1.54) is 50.0 Å². The summed E-state index contributed by atoms with van der Waals surface area (Å²) in [5.74, 6) is 0.879. The van der Waals surface area contributed by atoms with Crippen LogP contribution < -0.4 is 4.90 Å². The Hall–Kier alpha value is -2.47. The third kappa shape index (κ3) is 4.96. The summed E-state index contributed by atoms with van der Waals surface area (Å²) in [5, 5.41) is 0.